The summed E-state index contributed by atoms with van der Waals surface area (Å²) in [5.74, 6) is 0.898. The summed E-state index contributed by atoms with van der Waals surface area (Å²) < 4.78 is 5.86. The lowest BCUT2D eigenvalue weighted by Gasteiger charge is -2.09. The number of nitrogens with one attached hydrogen (secondary N) is 1. The minimum Gasteiger partial charge on any atom is -0.489 e. The highest BCUT2D eigenvalue weighted by Gasteiger charge is 1.99. The lowest BCUT2D eigenvalue weighted by atomic mass is 10.2. The second-order valence-electron chi connectivity index (χ2n) is 5.39. The minimum absolute atomic E-state index is 0. The number of pyridine rings is 1. The molecule has 0 radical (unpaired) electrons. The van der Waals surface area contributed by atoms with Crippen molar-refractivity contribution in [2.75, 3.05) is 0 Å². The maximum absolute atomic E-state index is 5.86. The molecule has 0 aliphatic rings. The summed E-state index contributed by atoms with van der Waals surface area (Å²) in [6.45, 7) is 2.20. The molecule has 2 aromatic carbocycles. The van der Waals surface area contributed by atoms with Crippen LogP contribution in [0.5, 0.6) is 5.75 Å². The number of hydrogen-bond donors (Lipinski definition) is 1. The lowest BCUT2D eigenvalue weighted by Crippen LogP contribution is -2.12. The Hall–Kier alpha value is -2.36. The van der Waals surface area contributed by atoms with Crippen molar-refractivity contribution in [3.8, 4) is 5.75 Å². The standard InChI is InChI=1S/C20H20N2O.ClH/c1-2-6-17(7-3-1)16-23-20-10-4-8-18(12-20)13-22-15-19-9-5-11-21-14-19;/h1-12,14,22H,13,15-16H2;1H. The van der Waals surface area contributed by atoms with Gasteiger partial charge in [-0.25, -0.2) is 0 Å². The van der Waals surface area contributed by atoms with Gasteiger partial charge in [-0.1, -0.05) is 48.5 Å². The van der Waals surface area contributed by atoms with Crippen LogP contribution in [-0.2, 0) is 19.7 Å². The van der Waals surface area contributed by atoms with Crippen LogP contribution in [0.15, 0.2) is 79.1 Å². The quantitative estimate of drug-likeness (QED) is 0.693. The average Bonchev–Trinajstić information content (AvgIpc) is 2.62. The van der Waals surface area contributed by atoms with Crippen molar-refractivity contribution in [2.24, 2.45) is 0 Å². The van der Waals surface area contributed by atoms with Gasteiger partial charge in [-0.3, -0.25) is 4.98 Å². The molecule has 4 heteroatoms. The van der Waals surface area contributed by atoms with Gasteiger partial charge in [-0.05, 0) is 34.9 Å². The Morgan fingerprint density at radius 2 is 1.54 bits per heavy atom. The Kier molecular flexibility index (Phi) is 7.27. The molecule has 3 rings (SSSR count). The highest BCUT2D eigenvalue weighted by Crippen LogP contribution is 2.15. The lowest BCUT2D eigenvalue weighted by molar-refractivity contribution is 0.306. The fraction of sp³-hybridized carbons (Fsp3) is 0.150. The van der Waals surface area contributed by atoms with Gasteiger partial charge in [0.2, 0.25) is 0 Å². The molecule has 0 aliphatic heterocycles. The third kappa shape index (κ3) is 5.69. The van der Waals surface area contributed by atoms with Gasteiger partial charge in [-0.2, -0.15) is 0 Å². The van der Waals surface area contributed by atoms with E-state index in [2.05, 4.69) is 40.6 Å². The first-order chi connectivity index (χ1) is 11.4. The van der Waals surface area contributed by atoms with Crippen molar-refractivity contribution in [3.05, 3.63) is 95.8 Å². The second kappa shape index (κ2) is 9.71. The van der Waals surface area contributed by atoms with Crippen LogP contribution in [0.3, 0.4) is 0 Å². The van der Waals surface area contributed by atoms with Crippen molar-refractivity contribution < 1.29 is 4.74 Å². The zero-order chi connectivity index (χ0) is 15.7. The number of benzene rings is 2. The normalized spacial score (nSPS) is 10.0. The van der Waals surface area contributed by atoms with E-state index in [0.717, 1.165) is 18.8 Å². The average molecular weight is 341 g/mol. The van der Waals surface area contributed by atoms with Crippen LogP contribution in [0.25, 0.3) is 0 Å². The third-order valence-electron chi connectivity index (χ3n) is 3.53. The van der Waals surface area contributed by atoms with E-state index in [1.165, 1.54) is 16.7 Å². The Bertz CT molecular complexity index is 720. The van der Waals surface area contributed by atoms with Crippen molar-refractivity contribution in [2.45, 2.75) is 19.7 Å². The number of halogens is 1. The predicted octanol–water partition coefficient (Wildman–Crippen LogP) is 4.37. The van der Waals surface area contributed by atoms with E-state index in [4.69, 9.17) is 4.74 Å². The second-order valence-corrected chi connectivity index (χ2v) is 5.39. The maximum Gasteiger partial charge on any atom is 0.120 e. The van der Waals surface area contributed by atoms with Gasteiger partial charge in [0.15, 0.2) is 0 Å². The monoisotopic (exact) mass is 340 g/mol. The van der Waals surface area contributed by atoms with Crippen LogP contribution in [0.2, 0.25) is 0 Å². The fourth-order valence-corrected chi connectivity index (χ4v) is 2.34. The van der Waals surface area contributed by atoms with E-state index in [0.29, 0.717) is 6.61 Å². The van der Waals surface area contributed by atoms with E-state index < -0.39 is 0 Å². The summed E-state index contributed by atoms with van der Waals surface area (Å²) in [5, 5.41) is 3.42. The Morgan fingerprint density at radius 3 is 2.33 bits per heavy atom. The number of rotatable bonds is 7. The summed E-state index contributed by atoms with van der Waals surface area (Å²) in [7, 11) is 0. The number of hydrogen-bond acceptors (Lipinski definition) is 3. The molecular weight excluding hydrogens is 320 g/mol. The predicted molar refractivity (Wildman–Crippen MR) is 99.2 cm³/mol. The summed E-state index contributed by atoms with van der Waals surface area (Å²) in [6, 6.07) is 22.4. The summed E-state index contributed by atoms with van der Waals surface area (Å²) in [4.78, 5) is 4.12. The van der Waals surface area contributed by atoms with Gasteiger partial charge in [0.1, 0.15) is 12.4 Å². The summed E-state index contributed by atoms with van der Waals surface area (Å²) >= 11 is 0. The van der Waals surface area contributed by atoms with Crippen LogP contribution in [0.1, 0.15) is 16.7 Å². The van der Waals surface area contributed by atoms with Crippen LogP contribution in [-0.4, -0.2) is 4.98 Å². The van der Waals surface area contributed by atoms with Gasteiger partial charge in [-0.15, -0.1) is 12.4 Å². The molecular formula is C20H21ClN2O. The maximum atomic E-state index is 5.86. The van der Waals surface area contributed by atoms with Crippen LogP contribution in [0.4, 0.5) is 0 Å². The molecule has 0 aliphatic carbocycles. The van der Waals surface area contributed by atoms with Crippen molar-refractivity contribution >= 4 is 12.4 Å². The SMILES string of the molecule is Cl.c1ccc(COc2cccc(CNCc3cccnc3)c2)cc1. The molecule has 0 saturated carbocycles. The molecule has 0 bridgehead atoms. The van der Waals surface area contributed by atoms with Crippen LogP contribution < -0.4 is 10.1 Å². The Labute approximate surface area is 149 Å². The number of aromatic nitrogens is 1. The topological polar surface area (TPSA) is 34.1 Å². The zero-order valence-corrected chi connectivity index (χ0v) is 14.2. The van der Waals surface area contributed by atoms with Gasteiger partial charge in [0.05, 0.1) is 0 Å². The van der Waals surface area contributed by atoms with Crippen molar-refractivity contribution in [1.29, 1.82) is 0 Å². The van der Waals surface area contributed by atoms with Gasteiger partial charge < -0.3 is 10.1 Å². The van der Waals surface area contributed by atoms with Crippen molar-refractivity contribution in [1.82, 2.24) is 10.3 Å². The molecule has 0 spiro atoms. The molecule has 0 fully saturated rings. The molecule has 0 unspecified atom stereocenters. The van der Waals surface area contributed by atoms with Crippen LogP contribution >= 0.6 is 12.4 Å². The first-order valence-electron chi connectivity index (χ1n) is 7.75. The minimum atomic E-state index is 0. The molecule has 0 amide bonds. The molecule has 1 N–H and O–H groups in total. The van der Waals surface area contributed by atoms with Gasteiger partial charge in [0, 0.05) is 25.5 Å². The smallest absolute Gasteiger partial charge is 0.120 e. The molecule has 24 heavy (non-hydrogen) atoms. The van der Waals surface area contributed by atoms with Gasteiger partial charge >= 0.3 is 0 Å². The van der Waals surface area contributed by atoms with Crippen LogP contribution in [0, 0.1) is 0 Å². The summed E-state index contributed by atoms with van der Waals surface area (Å²) in [6.07, 6.45) is 3.67. The van der Waals surface area contributed by atoms with E-state index in [-0.39, 0.29) is 12.4 Å². The van der Waals surface area contributed by atoms with E-state index in [1.807, 2.05) is 42.6 Å². The van der Waals surface area contributed by atoms with E-state index in [1.54, 1.807) is 6.20 Å². The number of nitrogens with zero attached hydrogens (tertiary/aromatic N) is 1. The zero-order valence-electron chi connectivity index (χ0n) is 13.4. The van der Waals surface area contributed by atoms with Gasteiger partial charge in [0.25, 0.3) is 0 Å². The largest absolute Gasteiger partial charge is 0.489 e. The van der Waals surface area contributed by atoms with E-state index >= 15 is 0 Å². The number of ether oxygens (including phenoxy) is 1. The molecule has 3 nitrogen and oxygen atoms in total. The highest BCUT2D eigenvalue weighted by molar-refractivity contribution is 5.85. The Balaban J connectivity index is 0.00000208. The highest BCUT2D eigenvalue weighted by atomic mass is 35.5. The Morgan fingerprint density at radius 1 is 0.792 bits per heavy atom. The molecule has 0 saturated heterocycles. The first-order valence-corrected chi connectivity index (χ1v) is 7.75. The summed E-state index contributed by atoms with van der Waals surface area (Å²) in [5.41, 5.74) is 3.57. The third-order valence-corrected chi connectivity index (χ3v) is 3.53. The molecule has 3 aromatic rings. The van der Waals surface area contributed by atoms with Crippen molar-refractivity contribution in [3.63, 3.8) is 0 Å². The van der Waals surface area contributed by atoms with E-state index in [9.17, 15) is 0 Å². The first kappa shape index (κ1) is 18.0. The molecule has 124 valence electrons. The fourth-order valence-electron chi connectivity index (χ4n) is 2.34. The molecule has 0 atom stereocenters. The molecule has 1 aromatic heterocycles. The molecule has 1 heterocycles.